The van der Waals surface area contributed by atoms with E-state index in [1.807, 2.05) is 12.4 Å². The Bertz CT molecular complexity index is 264. The van der Waals surface area contributed by atoms with Gasteiger partial charge >= 0.3 is 0 Å². The van der Waals surface area contributed by atoms with Crippen LogP contribution in [-0.2, 0) is 6.42 Å². The molecule has 1 aromatic heterocycles. The molecule has 84 valence electrons. The van der Waals surface area contributed by atoms with Crippen molar-refractivity contribution >= 4 is 0 Å². The third kappa shape index (κ3) is 6.20. The zero-order chi connectivity index (χ0) is 11.1. The second kappa shape index (κ2) is 5.83. The Balaban J connectivity index is 2.08. The fourth-order valence-corrected chi connectivity index (χ4v) is 1.32. The minimum Gasteiger partial charge on any atom is -0.326 e. The molecule has 0 spiro atoms. The molecule has 3 nitrogen and oxygen atoms in total. The second-order valence-corrected chi connectivity index (χ2v) is 4.59. The first-order chi connectivity index (χ1) is 7.08. The van der Waals surface area contributed by atoms with E-state index in [0.29, 0.717) is 0 Å². The van der Waals surface area contributed by atoms with E-state index in [9.17, 15) is 0 Å². The summed E-state index contributed by atoms with van der Waals surface area (Å²) in [5.74, 6) is 0. The van der Waals surface area contributed by atoms with E-state index in [0.717, 1.165) is 25.9 Å². The number of nitrogens with two attached hydrogens (primary N) is 1. The van der Waals surface area contributed by atoms with E-state index < -0.39 is 0 Å². The smallest absolute Gasteiger partial charge is 0.0270 e. The number of hydrogen-bond acceptors (Lipinski definition) is 3. The van der Waals surface area contributed by atoms with Crippen LogP contribution in [0.3, 0.4) is 0 Å². The molecule has 0 radical (unpaired) electrons. The molecule has 0 bridgehead atoms. The van der Waals surface area contributed by atoms with Gasteiger partial charge in [0.15, 0.2) is 0 Å². The van der Waals surface area contributed by atoms with Gasteiger partial charge in [-0.05, 0) is 57.5 Å². The summed E-state index contributed by atoms with van der Waals surface area (Å²) in [5, 5.41) is 3.39. The lowest BCUT2D eigenvalue weighted by Gasteiger charge is -2.18. The van der Waals surface area contributed by atoms with Gasteiger partial charge in [-0.1, -0.05) is 0 Å². The zero-order valence-electron chi connectivity index (χ0n) is 9.66. The number of pyridine rings is 1. The van der Waals surface area contributed by atoms with Crippen molar-refractivity contribution in [1.82, 2.24) is 10.3 Å². The summed E-state index contributed by atoms with van der Waals surface area (Å²) in [5.41, 5.74) is 7.14. The van der Waals surface area contributed by atoms with Gasteiger partial charge in [-0.25, -0.2) is 0 Å². The van der Waals surface area contributed by atoms with Crippen molar-refractivity contribution < 1.29 is 0 Å². The molecule has 1 aromatic rings. The molecule has 0 saturated carbocycles. The molecule has 0 amide bonds. The van der Waals surface area contributed by atoms with Crippen LogP contribution in [-0.4, -0.2) is 23.6 Å². The average Bonchev–Trinajstić information content (AvgIpc) is 2.17. The standard InChI is InChI=1S/C12H21N3/c1-12(2,13)6-10-15-9-5-11-3-7-14-8-4-11/h3-4,7-8,15H,5-6,9-10,13H2,1-2H3. The highest BCUT2D eigenvalue weighted by molar-refractivity contribution is 5.09. The predicted molar refractivity (Wildman–Crippen MR) is 63.7 cm³/mol. The molecule has 0 unspecified atom stereocenters. The van der Waals surface area contributed by atoms with Crippen molar-refractivity contribution in [2.45, 2.75) is 32.2 Å². The lowest BCUT2D eigenvalue weighted by Crippen LogP contribution is -2.36. The van der Waals surface area contributed by atoms with E-state index in [1.54, 1.807) is 0 Å². The van der Waals surface area contributed by atoms with Crippen molar-refractivity contribution in [2.24, 2.45) is 5.73 Å². The van der Waals surface area contributed by atoms with Crippen LogP contribution in [0.2, 0.25) is 0 Å². The first-order valence-electron chi connectivity index (χ1n) is 5.46. The Kier molecular flexibility index (Phi) is 4.72. The molecule has 0 aliphatic rings. The highest BCUT2D eigenvalue weighted by Crippen LogP contribution is 2.01. The van der Waals surface area contributed by atoms with E-state index in [2.05, 4.69) is 36.3 Å². The van der Waals surface area contributed by atoms with Gasteiger partial charge < -0.3 is 11.1 Å². The van der Waals surface area contributed by atoms with Gasteiger partial charge in [-0.15, -0.1) is 0 Å². The van der Waals surface area contributed by atoms with Crippen LogP contribution >= 0.6 is 0 Å². The Hall–Kier alpha value is -0.930. The van der Waals surface area contributed by atoms with Crippen LogP contribution < -0.4 is 11.1 Å². The minimum absolute atomic E-state index is 0.0658. The van der Waals surface area contributed by atoms with Crippen LogP contribution in [0.15, 0.2) is 24.5 Å². The van der Waals surface area contributed by atoms with Crippen LogP contribution in [0.5, 0.6) is 0 Å². The van der Waals surface area contributed by atoms with Crippen LogP contribution in [0.25, 0.3) is 0 Å². The summed E-state index contributed by atoms with van der Waals surface area (Å²) >= 11 is 0. The van der Waals surface area contributed by atoms with Gasteiger partial charge in [0, 0.05) is 17.9 Å². The van der Waals surface area contributed by atoms with E-state index >= 15 is 0 Å². The third-order valence-electron chi connectivity index (χ3n) is 2.29. The fraction of sp³-hybridized carbons (Fsp3) is 0.583. The van der Waals surface area contributed by atoms with Crippen LogP contribution in [0.1, 0.15) is 25.8 Å². The highest BCUT2D eigenvalue weighted by atomic mass is 14.9. The maximum atomic E-state index is 5.88. The summed E-state index contributed by atoms with van der Waals surface area (Å²) < 4.78 is 0. The van der Waals surface area contributed by atoms with Gasteiger partial charge in [0.25, 0.3) is 0 Å². The van der Waals surface area contributed by atoms with Gasteiger partial charge in [-0.2, -0.15) is 0 Å². The van der Waals surface area contributed by atoms with Gasteiger partial charge in [0.1, 0.15) is 0 Å². The first-order valence-corrected chi connectivity index (χ1v) is 5.46. The van der Waals surface area contributed by atoms with Gasteiger partial charge in [0.2, 0.25) is 0 Å². The van der Waals surface area contributed by atoms with Gasteiger partial charge in [0.05, 0.1) is 0 Å². The fourth-order valence-electron chi connectivity index (χ4n) is 1.32. The first kappa shape index (κ1) is 12.1. The van der Waals surface area contributed by atoms with Crippen molar-refractivity contribution in [3.8, 4) is 0 Å². The number of rotatable bonds is 6. The summed E-state index contributed by atoms with van der Waals surface area (Å²) in [6.07, 6.45) is 5.72. The molecule has 0 aliphatic heterocycles. The van der Waals surface area contributed by atoms with Gasteiger partial charge in [-0.3, -0.25) is 4.98 Å². The SMILES string of the molecule is CC(C)(N)CCNCCc1ccncc1. The summed E-state index contributed by atoms with van der Waals surface area (Å²) in [6, 6.07) is 4.10. The molecular weight excluding hydrogens is 186 g/mol. The molecule has 3 heteroatoms. The lowest BCUT2D eigenvalue weighted by atomic mass is 10.0. The molecule has 0 fully saturated rings. The molecule has 15 heavy (non-hydrogen) atoms. The minimum atomic E-state index is -0.0658. The molecule has 0 aromatic carbocycles. The monoisotopic (exact) mass is 207 g/mol. The highest BCUT2D eigenvalue weighted by Gasteiger charge is 2.08. The predicted octanol–water partition coefficient (Wildman–Crippen LogP) is 1.34. The summed E-state index contributed by atoms with van der Waals surface area (Å²) in [6.45, 7) is 6.09. The molecule has 0 aliphatic carbocycles. The van der Waals surface area contributed by atoms with Crippen LogP contribution in [0, 0.1) is 0 Å². The molecule has 0 saturated heterocycles. The molecule has 3 N–H and O–H groups in total. The number of nitrogens with zero attached hydrogens (tertiary/aromatic N) is 1. The van der Waals surface area contributed by atoms with Crippen molar-refractivity contribution in [2.75, 3.05) is 13.1 Å². The quantitative estimate of drug-likeness (QED) is 0.692. The lowest BCUT2D eigenvalue weighted by molar-refractivity contribution is 0.456. The van der Waals surface area contributed by atoms with Crippen molar-refractivity contribution in [3.05, 3.63) is 30.1 Å². The second-order valence-electron chi connectivity index (χ2n) is 4.59. The Morgan fingerprint density at radius 3 is 2.53 bits per heavy atom. The number of hydrogen-bond donors (Lipinski definition) is 2. The number of aromatic nitrogens is 1. The van der Waals surface area contributed by atoms with Crippen molar-refractivity contribution in [3.63, 3.8) is 0 Å². The number of nitrogens with one attached hydrogen (secondary N) is 1. The molecular formula is C12H21N3. The Labute approximate surface area is 92.1 Å². The molecule has 1 heterocycles. The van der Waals surface area contributed by atoms with Crippen LogP contribution in [0.4, 0.5) is 0 Å². The normalized spacial score (nSPS) is 11.7. The Morgan fingerprint density at radius 1 is 1.27 bits per heavy atom. The van der Waals surface area contributed by atoms with E-state index in [-0.39, 0.29) is 5.54 Å². The topological polar surface area (TPSA) is 50.9 Å². The van der Waals surface area contributed by atoms with E-state index in [1.165, 1.54) is 5.56 Å². The maximum absolute atomic E-state index is 5.88. The molecule has 1 rings (SSSR count). The summed E-state index contributed by atoms with van der Waals surface area (Å²) in [4.78, 5) is 3.99. The maximum Gasteiger partial charge on any atom is 0.0270 e. The third-order valence-corrected chi connectivity index (χ3v) is 2.29. The van der Waals surface area contributed by atoms with E-state index in [4.69, 9.17) is 5.73 Å². The largest absolute Gasteiger partial charge is 0.326 e. The average molecular weight is 207 g/mol. The molecule has 0 atom stereocenters. The Morgan fingerprint density at radius 2 is 1.93 bits per heavy atom. The summed E-state index contributed by atoms with van der Waals surface area (Å²) in [7, 11) is 0. The van der Waals surface area contributed by atoms with Crippen molar-refractivity contribution in [1.29, 1.82) is 0 Å². The zero-order valence-corrected chi connectivity index (χ0v) is 9.66.